The average molecular weight is 510 g/mol. The molecule has 0 aliphatic rings. The number of amides is 2. The van der Waals surface area contributed by atoms with Gasteiger partial charge in [-0.1, -0.05) is 52.7 Å². The van der Waals surface area contributed by atoms with Crippen molar-refractivity contribution >= 4 is 39.3 Å². The fraction of sp³-hybridized carbons (Fsp3) is 0.417. The van der Waals surface area contributed by atoms with Gasteiger partial charge in [0.2, 0.25) is 5.91 Å². The second-order valence-corrected chi connectivity index (χ2v) is 8.97. The van der Waals surface area contributed by atoms with Crippen molar-refractivity contribution < 1.29 is 14.3 Å². The van der Waals surface area contributed by atoms with Crippen molar-refractivity contribution in [3.63, 3.8) is 0 Å². The first-order chi connectivity index (χ1) is 14.6. The average Bonchev–Trinajstić information content (AvgIpc) is 2.74. The van der Waals surface area contributed by atoms with Gasteiger partial charge in [0, 0.05) is 22.1 Å². The zero-order valence-electron chi connectivity index (χ0n) is 18.7. The molecule has 2 rings (SSSR count). The molecule has 0 saturated carbocycles. The molecule has 0 bridgehead atoms. The van der Waals surface area contributed by atoms with Gasteiger partial charge in [0.05, 0.1) is 0 Å². The van der Waals surface area contributed by atoms with Crippen LogP contribution in [0.2, 0.25) is 5.02 Å². The molecule has 7 heteroatoms. The molecule has 2 atom stereocenters. The lowest BCUT2D eigenvalue weighted by Gasteiger charge is -2.30. The number of hydrogen-bond donors (Lipinski definition) is 1. The van der Waals surface area contributed by atoms with E-state index in [1.54, 1.807) is 13.0 Å². The molecule has 168 valence electrons. The van der Waals surface area contributed by atoms with E-state index < -0.39 is 6.04 Å². The molecule has 0 aliphatic heterocycles. The van der Waals surface area contributed by atoms with Gasteiger partial charge in [-0.3, -0.25) is 9.59 Å². The molecule has 1 N–H and O–H groups in total. The van der Waals surface area contributed by atoms with Gasteiger partial charge < -0.3 is 15.0 Å². The molecule has 0 aromatic heterocycles. The second kappa shape index (κ2) is 11.5. The molecule has 0 fully saturated rings. The van der Waals surface area contributed by atoms with Gasteiger partial charge in [-0.25, -0.2) is 0 Å². The predicted octanol–water partition coefficient (Wildman–Crippen LogP) is 5.43. The number of nitrogens with zero attached hydrogens (tertiary/aromatic N) is 1. The first kappa shape index (κ1) is 25.2. The van der Waals surface area contributed by atoms with E-state index in [1.807, 2.05) is 58.0 Å². The minimum atomic E-state index is -0.672. The molecular weight excluding hydrogens is 480 g/mol. The van der Waals surface area contributed by atoms with Gasteiger partial charge in [-0.2, -0.15) is 0 Å². The van der Waals surface area contributed by atoms with E-state index >= 15 is 0 Å². The first-order valence-electron chi connectivity index (χ1n) is 10.4. The molecular formula is C24H30BrClN2O3. The number of hydrogen-bond acceptors (Lipinski definition) is 3. The minimum Gasteiger partial charge on any atom is -0.484 e. The normalized spacial score (nSPS) is 12.7. The van der Waals surface area contributed by atoms with Crippen LogP contribution in [0.15, 0.2) is 40.9 Å². The summed E-state index contributed by atoms with van der Waals surface area (Å²) in [4.78, 5) is 27.4. The van der Waals surface area contributed by atoms with Crippen LogP contribution in [0.25, 0.3) is 0 Å². The van der Waals surface area contributed by atoms with Crippen molar-refractivity contribution in [1.29, 1.82) is 0 Å². The summed E-state index contributed by atoms with van der Waals surface area (Å²) in [7, 11) is 0. The summed E-state index contributed by atoms with van der Waals surface area (Å²) < 4.78 is 6.80. The summed E-state index contributed by atoms with van der Waals surface area (Å²) in [5.74, 6) is 0.121. The number of halogens is 2. The van der Waals surface area contributed by atoms with Crippen molar-refractivity contribution in [2.45, 2.75) is 59.7 Å². The fourth-order valence-electron chi connectivity index (χ4n) is 3.08. The van der Waals surface area contributed by atoms with Crippen LogP contribution in [-0.2, 0) is 16.1 Å². The Morgan fingerprint density at radius 2 is 1.77 bits per heavy atom. The summed E-state index contributed by atoms with van der Waals surface area (Å²) in [6.45, 7) is 9.64. The molecule has 31 heavy (non-hydrogen) atoms. The topological polar surface area (TPSA) is 58.6 Å². The van der Waals surface area contributed by atoms with Crippen molar-refractivity contribution in [3.8, 4) is 5.75 Å². The third-order valence-corrected chi connectivity index (χ3v) is 6.86. The van der Waals surface area contributed by atoms with Crippen LogP contribution in [0.4, 0.5) is 0 Å². The Hall–Kier alpha value is -2.05. The lowest BCUT2D eigenvalue weighted by molar-refractivity contribution is -0.142. The highest BCUT2D eigenvalue weighted by molar-refractivity contribution is 9.10. The van der Waals surface area contributed by atoms with E-state index in [-0.39, 0.29) is 31.0 Å². The number of nitrogens with one attached hydrogen (secondary N) is 1. The van der Waals surface area contributed by atoms with Crippen LogP contribution < -0.4 is 10.1 Å². The van der Waals surface area contributed by atoms with E-state index in [0.29, 0.717) is 10.8 Å². The highest BCUT2D eigenvalue weighted by Gasteiger charge is 2.27. The highest BCUT2D eigenvalue weighted by atomic mass is 79.9. The molecule has 2 aromatic carbocycles. The standard InChI is InChI=1S/C24H30BrClN2O3/c1-6-17(4)27-24(30)18(5)28(13-19-9-7-8-10-21(19)26)22(29)14-31-20-11-15(2)23(25)16(3)12-20/h7-12,17-18H,6,13-14H2,1-5H3,(H,27,30)/t17-,18-/m0/s1. The Kier molecular flexibility index (Phi) is 9.38. The van der Waals surface area contributed by atoms with Crippen LogP contribution in [0.5, 0.6) is 5.75 Å². The van der Waals surface area contributed by atoms with Crippen LogP contribution in [0, 0.1) is 13.8 Å². The Morgan fingerprint density at radius 1 is 1.16 bits per heavy atom. The summed E-state index contributed by atoms with van der Waals surface area (Å²) in [5.41, 5.74) is 2.82. The Morgan fingerprint density at radius 3 is 2.35 bits per heavy atom. The van der Waals surface area contributed by atoms with Gasteiger partial charge in [-0.15, -0.1) is 0 Å². The van der Waals surface area contributed by atoms with E-state index in [0.717, 1.165) is 27.6 Å². The van der Waals surface area contributed by atoms with Crippen LogP contribution in [0.1, 0.15) is 43.9 Å². The van der Waals surface area contributed by atoms with E-state index in [4.69, 9.17) is 16.3 Å². The minimum absolute atomic E-state index is 0.0252. The third-order valence-electron chi connectivity index (χ3n) is 5.24. The van der Waals surface area contributed by atoms with E-state index in [9.17, 15) is 9.59 Å². The third kappa shape index (κ3) is 6.97. The number of benzene rings is 2. The predicted molar refractivity (Wildman–Crippen MR) is 128 cm³/mol. The number of carbonyl (C=O) groups excluding carboxylic acids is 2. The van der Waals surface area contributed by atoms with Crippen molar-refractivity contribution in [2.75, 3.05) is 6.61 Å². The molecule has 2 amide bonds. The smallest absolute Gasteiger partial charge is 0.261 e. The SMILES string of the molecule is CC[C@H](C)NC(=O)[C@H](C)N(Cc1ccccc1Cl)C(=O)COc1cc(C)c(Br)c(C)c1. The Labute approximate surface area is 198 Å². The fourth-order valence-corrected chi connectivity index (χ4v) is 3.50. The Balaban J connectivity index is 2.21. The molecule has 0 unspecified atom stereocenters. The monoisotopic (exact) mass is 508 g/mol. The van der Waals surface area contributed by atoms with Gasteiger partial charge in [0.1, 0.15) is 11.8 Å². The van der Waals surface area contributed by atoms with Crippen molar-refractivity contribution in [3.05, 3.63) is 62.6 Å². The van der Waals surface area contributed by atoms with Crippen LogP contribution >= 0.6 is 27.5 Å². The lowest BCUT2D eigenvalue weighted by Crippen LogP contribution is -2.50. The summed E-state index contributed by atoms with van der Waals surface area (Å²) in [5, 5.41) is 3.50. The van der Waals surface area contributed by atoms with Crippen LogP contribution in [0.3, 0.4) is 0 Å². The zero-order valence-corrected chi connectivity index (χ0v) is 21.0. The first-order valence-corrected chi connectivity index (χ1v) is 11.5. The molecule has 0 aliphatic carbocycles. The van der Waals surface area contributed by atoms with Crippen molar-refractivity contribution in [1.82, 2.24) is 10.2 Å². The summed E-state index contributed by atoms with van der Waals surface area (Å²) >= 11 is 9.85. The number of carbonyl (C=O) groups is 2. The van der Waals surface area contributed by atoms with Gasteiger partial charge in [-0.05, 0) is 69.0 Å². The van der Waals surface area contributed by atoms with E-state index in [1.165, 1.54) is 4.90 Å². The lowest BCUT2D eigenvalue weighted by atomic mass is 10.1. The summed E-state index contributed by atoms with van der Waals surface area (Å²) in [6, 6.07) is 10.4. The largest absolute Gasteiger partial charge is 0.484 e. The quantitative estimate of drug-likeness (QED) is 0.490. The maximum atomic E-state index is 13.1. The number of aryl methyl sites for hydroxylation is 2. The molecule has 2 aromatic rings. The maximum Gasteiger partial charge on any atom is 0.261 e. The number of ether oxygens (including phenoxy) is 1. The highest BCUT2D eigenvalue weighted by Crippen LogP contribution is 2.26. The summed E-state index contributed by atoms with van der Waals surface area (Å²) in [6.07, 6.45) is 0.808. The van der Waals surface area contributed by atoms with Gasteiger partial charge >= 0.3 is 0 Å². The van der Waals surface area contributed by atoms with E-state index in [2.05, 4.69) is 21.2 Å². The van der Waals surface area contributed by atoms with Gasteiger partial charge in [0.25, 0.3) is 5.91 Å². The zero-order chi connectivity index (χ0) is 23.1. The Bertz CT molecular complexity index is 912. The molecule has 5 nitrogen and oxygen atoms in total. The van der Waals surface area contributed by atoms with Crippen LogP contribution in [-0.4, -0.2) is 35.4 Å². The molecule has 0 saturated heterocycles. The molecule has 0 radical (unpaired) electrons. The van der Waals surface area contributed by atoms with Gasteiger partial charge in [0.15, 0.2) is 6.61 Å². The maximum absolute atomic E-state index is 13.1. The number of rotatable bonds is 9. The second-order valence-electron chi connectivity index (χ2n) is 7.77. The van der Waals surface area contributed by atoms with Crippen molar-refractivity contribution in [2.24, 2.45) is 0 Å². The molecule has 0 heterocycles. The molecule has 0 spiro atoms.